The molecule has 8 aromatic rings. The molecule has 1 atom stereocenters. The van der Waals surface area contributed by atoms with E-state index in [1.165, 1.54) is 49.7 Å². The number of para-hydroxylation sites is 2. The summed E-state index contributed by atoms with van der Waals surface area (Å²) in [6.45, 7) is 0. The zero-order valence-corrected chi connectivity index (χ0v) is 24.9. The van der Waals surface area contributed by atoms with Gasteiger partial charge < -0.3 is 0 Å². The van der Waals surface area contributed by atoms with Crippen LogP contribution in [0.3, 0.4) is 0 Å². The zero-order chi connectivity index (χ0) is 30.4. The van der Waals surface area contributed by atoms with Crippen molar-refractivity contribution in [1.29, 1.82) is 5.26 Å². The Labute approximate surface area is 265 Å². The van der Waals surface area contributed by atoms with E-state index in [1.807, 2.05) is 36.4 Å². The molecule has 0 aliphatic heterocycles. The van der Waals surface area contributed by atoms with Gasteiger partial charge in [0, 0.05) is 33.2 Å². The van der Waals surface area contributed by atoms with Crippen molar-refractivity contribution >= 4 is 32.7 Å². The van der Waals surface area contributed by atoms with E-state index < -0.39 is 0 Å². The lowest BCUT2D eigenvalue weighted by Gasteiger charge is -2.24. The first-order chi connectivity index (χ1) is 22.8. The van der Waals surface area contributed by atoms with Crippen LogP contribution in [0.5, 0.6) is 0 Å². The van der Waals surface area contributed by atoms with E-state index in [4.69, 9.17) is 9.97 Å². The van der Waals surface area contributed by atoms with Crippen LogP contribution in [-0.2, 0) is 6.42 Å². The molecule has 46 heavy (non-hydrogen) atoms. The van der Waals surface area contributed by atoms with Crippen molar-refractivity contribution in [2.24, 2.45) is 0 Å². The quantitative estimate of drug-likeness (QED) is 0.203. The molecular formula is C42H26N4. The van der Waals surface area contributed by atoms with Gasteiger partial charge in [-0.15, -0.1) is 0 Å². The van der Waals surface area contributed by atoms with Crippen LogP contribution in [0.2, 0.25) is 0 Å². The lowest BCUT2D eigenvalue weighted by molar-refractivity contribution is 0.736. The summed E-state index contributed by atoms with van der Waals surface area (Å²) in [6.07, 6.45) is 2.08. The molecule has 1 unspecified atom stereocenters. The number of rotatable bonds is 2. The molecule has 6 aromatic carbocycles. The van der Waals surface area contributed by atoms with Crippen LogP contribution in [0.15, 0.2) is 127 Å². The first kappa shape index (κ1) is 25.3. The number of aromatic nitrogens is 3. The Balaban J connectivity index is 1.39. The topological polar surface area (TPSA) is 54.5 Å². The van der Waals surface area contributed by atoms with Gasteiger partial charge in [-0.05, 0) is 76.6 Å². The molecule has 0 fully saturated rings. The number of nitrogens with zero attached hydrogens (tertiary/aromatic N) is 4. The highest BCUT2D eigenvalue weighted by Gasteiger charge is 2.34. The van der Waals surface area contributed by atoms with E-state index in [0.29, 0.717) is 17.4 Å². The fraction of sp³-hybridized carbons (Fsp3) is 0.0714. The van der Waals surface area contributed by atoms with Crippen molar-refractivity contribution < 1.29 is 0 Å². The third-order valence-electron chi connectivity index (χ3n) is 10.0. The van der Waals surface area contributed by atoms with E-state index in [1.54, 1.807) is 0 Å². The Hall–Kier alpha value is -6.05. The summed E-state index contributed by atoms with van der Waals surface area (Å²) in [5.41, 5.74) is 14.9. The molecule has 0 radical (unpaired) electrons. The average molecular weight is 587 g/mol. The van der Waals surface area contributed by atoms with E-state index in [9.17, 15) is 5.26 Å². The first-order valence-corrected chi connectivity index (χ1v) is 15.8. The van der Waals surface area contributed by atoms with Gasteiger partial charge in [-0.2, -0.15) is 5.26 Å². The molecule has 2 aliphatic carbocycles. The van der Waals surface area contributed by atoms with Crippen molar-refractivity contribution in [3.05, 3.63) is 150 Å². The molecule has 0 saturated carbocycles. The first-order valence-electron chi connectivity index (χ1n) is 15.8. The molecule has 4 heteroatoms. The maximum Gasteiger partial charge on any atom is 0.235 e. The maximum atomic E-state index is 9.70. The predicted molar refractivity (Wildman–Crippen MR) is 185 cm³/mol. The van der Waals surface area contributed by atoms with Gasteiger partial charge in [-0.3, -0.25) is 4.57 Å². The van der Waals surface area contributed by atoms with Gasteiger partial charge in [0.15, 0.2) is 0 Å². The highest BCUT2D eigenvalue weighted by molar-refractivity contribution is 6.17. The minimum Gasteiger partial charge on any atom is -0.277 e. The number of fused-ring (bicyclic) bond motifs is 13. The van der Waals surface area contributed by atoms with Crippen LogP contribution < -0.4 is 0 Å². The normalized spacial score (nSPS) is 14.5. The lowest BCUT2D eigenvalue weighted by atomic mass is 9.80. The van der Waals surface area contributed by atoms with Crippen molar-refractivity contribution in [3.8, 4) is 45.5 Å². The van der Waals surface area contributed by atoms with Gasteiger partial charge >= 0.3 is 0 Å². The molecule has 10 rings (SSSR count). The molecule has 2 bridgehead atoms. The molecule has 214 valence electrons. The van der Waals surface area contributed by atoms with Crippen LogP contribution in [-0.4, -0.2) is 14.5 Å². The van der Waals surface area contributed by atoms with E-state index in [2.05, 4.69) is 102 Å². The molecule has 2 heterocycles. The van der Waals surface area contributed by atoms with Crippen LogP contribution >= 0.6 is 0 Å². The standard InChI is InChI=1S/C42H26N4/c43-24-25-10-9-11-26(22-25)40-34-17-5-7-18-37(34)44-42(45-40)46-38-19-8-6-15-31(38)36-23-35-29-14-2-1-12-27(29)30-20-21-33(35)39(41(36)46)32-16-4-3-13-28(30)32/h1-19,22-23,30H,20-21H2. The third kappa shape index (κ3) is 3.43. The summed E-state index contributed by atoms with van der Waals surface area (Å²) < 4.78 is 2.29. The zero-order valence-electron chi connectivity index (χ0n) is 24.9. The van der Waals surface area contributed by atoms with Gasteiger partial charge in [-0.1, -0.05) is 97.1 Å². The molecular weight excluding hydrogens is 560 g/mol. The minimum atomic E-state index is 0.334. The molecule has 0 saturated heterocycles. The second-order valence-corrected chi connectivity index (χ2v) is 12.4. The number of benzene rings is 6. The summed E-state index contributed by atoms with van der Waals surface area (Å²) in [6, 6.07) is 47.3. The van der Waals surface area contributed by atoms with Crippen LogP contribution in [0.25, 0.3) is 72.2 Å². The highest BCUT2D eigenvalue weighted by Crippen LogP contribution is 2.53. The Morgan fingerprint density at radius 2 is 1.39 bits per heavy atom. The summed E-state index contributed by atoms with van der Waals surface area (Å²) in [4.78, 5) is 10.6. The molecule has 0 spiro atoms. The molecule has 2 aromatic heterocycles. The van der Waals surface area contributed by atoms with Crippen LogP contribution in [0.4, 0.5) is 0 Å². The van der Waals surface area contributed by atoms with Crippen molar-refractivity contribution in [1.82, 2.24) is 14.5 Å². The third-order valence-corrected chi connectivity index (χ3v) is 10.0. The Morgan fingerprint density at radius 1 is 0.652 bits per heavy atom. The SMILES string of the molecule is N#Cc1cccc(-c2nc(-n3c4ccccc4c4cc5c6c(c43)-c3ccccc3C(CC6)c3ccccc3-5)nc3ccccc23)c1. The van der Waals surface area contributed by atoms with E-state index in [0.717, 1.165) is 46.0 Å². The van der Waals surface area contributed by atoms with E-state index >= 15 is 0 Å². The van der Waals surface area contributed by atoms with E-state index in [-0.39, 0.29) is 0 Å². The average Bonchev–Trinajstić information content (AvgIpc) is 3.23. The Morgan fingerprint density at radius 3 is 2.26 bits per heavy atom. The highest BCUT2D eigenvalue weighted by atomic mass is 15.2. The molecule has 0 amide bonds. The van der Waals surface area contributed by atoms with Crippen molar-refractivity contribution in [3.63, 3.8) is 0 Å². The van der Waals surface area contributed by atoms with Gasteiger partial charge in [0.2, 0.25) is 5.95 Å². The fourth-order valence-electron chi connectivity index (χ4n) is 8.13. The summed E-state index contributed by atoms with van der Waals surface area (Å²) in [5, 5.41) is 13.1. The van der Waals surface area contributed by atoms with Crippen molar-refractivity contribution in [2.75, 3.05) is 0 Å². The number of hydrogen-bond donors (Lipinski definition) is 0. The van der Waals surface area contributed by atoms with Crippen LogP contribution in [0.1, 0.15) is 34.6 Å². The summed E-state index contributed by atoms with van der Waals surface area (Å²) >= 11 is 0. The lowest BCUT2D eigenvalue weighted by Crippen LogP contribution is -2.07. The summed E-state index contributed by atoms with van der Waals surface area (Å²) in [7, 11) is 0. The summed E-state index contributed by atoms with van der Waals surface area (Å²) in [5.74, 6) is 0.967. The van der Waals surface area contributed by atoms with Gasteiger partial charge in [0.25, 0.3) is 0 Å². The fourth-order valence-corrected chi connectivity index (χ4v) is 8.13. The van der Waals surface area contributed by atoms with Gasteiger partial charge in [-0.25, -0.2) is 9.97 Å². The largest absolute Gasteiger partial charge is 0.277 e. The molecule has 0 N–H and O–H groups in total. The smallest absolute Gasteiger partial charge is 0.235 e. The second kappa shape index (κ2) is 9.47. The van der Waals surface area contributed by atoms with Gasteiger partial charge in [0.1, 0.15) is 0 Å². The second-order valence-electron chi connectivity index (χ2n) is 12.4. The Kier molecular flexibility index (Phi) is 5.21. The number of hydrogen-bond acceptors (Lipinski definition) is 3. The minimum absolute atomic E-state index is 0.334. The van der Waals surface area contributed by atoms with Gasteiger partial charge in [0.05, 0.1) is 33.9 Å². The molecule has 4 nitrogen and oxygen atoms in total. The predicted octanol–water partition coefficient (Wildman–Crippen LogP) is 9.99. The maximum absolute atomic E-state index is 9.70. The monoisotopic (exact) mass is 586 g/mol. The molecule has 2 aliphatic rings. The van der Waals surface area contributed by atoms with Crippen molar-refractivity contribution in [2.45, 2.75) is 18.8 Å². The van der Waals surface area contributed by atoms with Crippen LogP contribution in [0, 0.1) is 11.3 Å². The Bertz CT molecular complexity index is 2620. The number of nitriles is 1.